The van der Waals surface area contributed by atoms with E-state index in [1.54, 1.807) is 22.7 Å². The molecule has 0 amide bonds. The Morgan fingerprint density at radius 3 is 2.34 bits per heavy atom. The average Bonchev–Trinajstić information content (AvgIpc) is 3.57. The third-order valence-electron chi connectivity index (χ3n) is 8.47. The van der Waals surface area contributed by atoms with Gasteiger partial charge in [-0.1, -0.05) is 12.1 Å². The number of benzene rings is 1. The SMILES string of the molecule is N#Cc1ccc(-c2cc(=O)n3nc(C4CC4)c(NC4C5CC6CC(C5)CC4C6)c3[nH]2)cc1. The quantitative estimate of drug-likeness (QED) is 0.636. The lowest BCUT2D eigenvalue weighted by atomic mass is 9.54. The number of rotatable bonds is 4. The molecule has 2 heterocycles. The molecular formula is C26H27N5O. The van der Waals surface area contributed by atoms with Crippen LogP contribution in [-0.4, -0.2) is 20.6 Å². The maximum absolute atomic E-state index is 13.0. The van der Waals surface area contributed by atoms with Crippen LogP contribution in [0.3, 0.4) is 0 Å². The van der Waals surface area contributed by atoms with Crippen LogP contribution < -0.4 is 10.9 Å². The summed E-state index contributed by atoms with van der Waals surface area (Å²) in [4.78, 5) is 16.6. The van der Waals surface area contributed by atoms with Crippen molar-refractivity contribution in [2.24, 2.45) is 23.7 Å². The number of hydrogen-bond acceptors (Lipinski definition) is 4. The first-order valence-corrected chi connectivity index (χ1v) is 12.1. The lowest BCUT2D eigenvalue weighted by Crippen LogP contribution is -2.51. The van der Waals surface area contributed by atoms with Crippen molar-refractivity contribution in [3.8, 4) is 17.3 Å². The van der Waals surface area contributed by atoms with Gasteiger partial charge in [0, 0.05) is 18.0 Å². The molecule has 5 aliphatic carbocycles. The summed E-state index contributed by atoms with van der Waals surface area (Å²) in [5.41, 5.74) is 5.06. The number of aromatic amines is 1. The minimum absolute atomic E-state index is 0.113. The average molecular weight is 426 g/mol. The van der Waals surface area contributed by atoms with Crippen molar-refractivity contribution in [3.05, 3.63) is 51.9 Å². The first-order chi connectivity index (χ1) is 15.7. The first kappa shape index (κ1) is 18.5. The molecule has 0 saturated heterocycles. The number of fused-ring (bicyclic) bond motifs is 1. The molecule has 5 saturated carbocycles. The number of hydrogen-bond donors (Lipinski definition) is 2. The number of nitriles is 1. The molecule has 0 atom stereocenters. The van der Waals surface area contributed by atoms with E-state index >= 15 is 0 Å². The summed E-state index contributed by atoms with van der Waals surface area (Å²) in [6, 6.07) is 11.6. The highest BCUT2D eigenvalue weighted by Gasteiger charge is 2.48. The Balaban J connectivity index is 1.32. The zero-order valence-corrected chi connectivity index (χ0v) is 18.1. The second-order valence-electron chi connectivity index (χ2n) is 10.6. The van der Waals surface area contributed by atoms with Gasteiger partial charge < -0.3 is 10.3 Å². The van der Waals surface area contributed by atoms with E-state index in [-0.39, 0.29) is 5.56 Å². The second kappa shape index (κ2) is 6.71. The van der Waals surface area contributed by atoms with Gasteiger partial charge in [0.1, 0.15) is 5.69 Å². The Morgan fingerprint density at radius 1 is 1.03 bits per heavy atom. The molecule has 162 valence electrons. The molecule has 0 spiro atoms. The number of nitrogens with one attached hydrogen (secondary N) is 2. The van der Waals surface area contributed by atoms with E-state index < -0.39 is 0 Å². The molecule has 8 rings (SSSR count). The van der Waals surface area contributed by atoms with Crippen LogP contribution in [0.25, 0.3) is 16.9 Å². The number of anilines is 1. The van der Waals surface area contributed by atoms with Gasteiger partial charge in [0.2, 0.25) is 0 Å². The molecule has 0 radical (unpaired) electrons. The zero-order valence-electron chi connectivity index (χ0n) is 18.1. The van der Waals surface area contributed by atoms with Crippen LogP contribution in [0, 0.1) is 35.0 Å². The Bertz CT molecular complexity index is 1280. The summed E-state index contributed by atoms with van der Waals surface area (Å²) in [7, 11) is 0. The summed E-state index contributed by atoms with van der Waals surface area (Å²) in [5.74, 6) is 3.83. The highest BCUT2D eigenvalue weighted by Crippen LogP contribution is 2.55. The molecule has 5 aliphatic rings. The van der Waals surface area contributed by atoms with Crippen LogP contribution in [-0.2, 0) is 0 Å². The molecular weight excluding hydrogens is 398 g/mol. The standard InChI is InChI=1S/C26H27N5O/c27-13-14-1-3-17(4-2-14)21-12-22(32)31-26(28-21)25(24(30-31)18-5-6-18)29-23-19-8-15-7-16(10-19)11-20(23)9-15/h1-4,12,15-16,18-20,23,28-29H,5-11H2. The van der Waals surface area contributed by atoms with E-state index in [2.05, 4.69) is 16.4 Å². The molecule has 32 heavy (non-hydrogen) atoms. The van der Waals surface area contributed by atoms with E-state index in [4.69, 9.17) is 10.4 Å². The van der Waals surface area contributed by atoms with Crippen LogP contribution in [0.1, 0.15) is 62.1 Å². The predicted molar refractivity (Wildman–Crippen MR) is 122 cm³/mol. The molecule has 6 heteroatoms. The molecule has 2 N–H and O–H groups in total. The fourth-order valence-electron chi connectivity index (χ4n) is 7.05. The minimum atomic E-state index is -0.113. The monoisotopic (exact) mass is 425 g/mol. The van der Waals surface area contributed by atoms with Gasteiger partial charge in [0.05, 0.1) is 23.0 Å². The highest BCUT2D eigenvalue weighted by atomic mass is 16.1. The summed E-state index contributed by atoms with van der Waals surface area (Å²) in [6.07, 6.45) is 9.18. The molecule has 0 unspecified atom stereocenters. The normalized spacial score (nSPS) is 30.5. The van der Waals surface area contributed by atoms with Gasteiger partial charge in [-0.05, 0) is 86.3 Å². The Morgan fingerprint density at radius 2 is 1.72 bits per heavy atom. The van der Waals surface area contributed by atoms with Crippen LogP contribution in [0.2, 0.25) is 0 Å². The number of H-pyrrole nitrogens is 1. The van der Waals surface area contributed by atoms with Gasteiger partial charge in [-0.15, -0.1) is 0 Å². The third-order valence-corrected chi connectivity index (χ3v) is 8.47. The topological polar surface area (TPSA) is 86.0 Å². The largest absolute Gasteiger partial charge is 0.377 e. The van der Waals surface area contributed by atoms with E-state index in [1.807, 2.05) is 12.1 Å². The Kier molecular flexibility index (Phi) is 3.88. The molecule has 6 nitrogen and oxygen atoms in total. The number of nitrogens with zero attached hydrogens (tertiary/aromatic N) is 3. The molecule has 0 aliphatic heterocycles. The van der Waals surface area contributed by atoms with E-state index in [1.165, 1.54) is 32.1 Å². The molecule has 3 aromatic rings. The van der Waals surface area contributed by atoms with Gasteiger partial charge in [-0.2, -0.15) is 14.9 Å². The lowest BCUT2D eigenvalue weighted by molar-refractivity contribution is 0.00755. The van der Waals surface area contributed by atoms with Gasteiger partial charge in [-0.3, -0.25) is 4.79 Å². The zero-order chi connectivity index (χ0) is 21.4. The van der Waals surface area contributed by atoms with Crippen molar-refractivity contribution in [1.29, 1.82) is 5.26 Å². The number of aromatic nitrogens is 3. The van der Waals surface area contributed by atoms with Crippen molar-refractivity contribution < 1.29 is 0 Å². The van der Waals surface area contributed by atoms with Gasteiger partial charge >= 0.3 is 0 Å². The molecule has 5 fully saturated rings. The smallest absolute Gasteiger partial charge is 0.274 e. The lowest BCUT2D eigenvalue weighted by Gasteiger charge is -2.54. The highest BCUT2D eigenvalue weighted by molar-refractivity contribution is 5.75. The van der Waals surface area contributed by atoms with Crippen LogP contribution in [0.15, 0.2) is 35.1 Å². The predicted octanol–water partition coefficient (Wildman–Crippen LogP) is 4.68. The fourth-order valence-corrected chi connectivity index (χ4v) is 7.05. The maximum Gasteiger partial charge on any atom is 0.274 e. The first-order valence-electron chi connectivity index (χ1n) is 12.1. The Hall–Kier alpha value is -3.07. The van der Waals surface area contributed by atoms with E-state index in [9.17, 15) is 4.79 Å². The van der Waals surface area contributed by atoms with Crippen molar-refractivity contribution in [2.75, 3.05) is 5.32 Å². The van der Waals surface area contributed by atoms with Crippen LogP contribution in [0.4, 0.5) is 5.69 Å². The van der Waals surface area contributed by atoms with Crippen LogP contribution in [0.5, 0.6) is 0 Å². The molecule has 2 aromatic heterocycles. The van der Waals surface area contributed by atoms with E-state index in [0.717, 1.165) is 64.8 Å². The van der Waals surface area contributed by atoms with E-state index in [0.29, 0.717) is 17.5 Å². The molecule has 4 bridgehead atoms. The van der Waals surface area contributed by atoms with Crippen LogP contribution >= 0.6 is 0 Å². The second-order valence-corrected chi connectivity index (χ2v) is 10.6. The maximum atomic E-state index is 13.0. The van der Waals surface area contributed by atoms with Gasteiger partial charge in [0.25, 0.3) is 5.56 Å². The Labute approximate surface area is 186 Å². The summed E-state index contributed by atoms with van der Waals surface area (Å²) in [5, 5.41) is 17.8. The fraction of sp³-hybridized carbons (Fsp3) is 0.500. The van der Waals surface area contributed by atoms with Crippen molar-refractivity contribution in [1.82, 2.24) is 14.6 Å². The van der Waals surface area contributed by atoms with Crippen molar-refractivity contribution in [3.63, 3.8) is 0 Å². The van der Waals surface area contributed by atoms with Crippen molar-refractivity contribution in [2.45, 2.75) is 56.9 Å². The third kappa shape index (κ3) is 2.83. The van der Waals surface area contributed by atoms with Gasteiger partial charge in [-0.25, -0.2) is 0 Å². The summed E-state index contributed by atoms with van der Waals surface area (Å²) >= 11 is 0. The summed E-state index contributed by atoms with van der Waals surface area (Å²) in [6.45, 7) is 0. The van der Waals surface area contributed by atoms with Crippen molar-refractivity contribution >= 4 is 11.3 Å². The minimum Gasteiger partial charge on any atom is -0.377 e. The summed E-state index contributed by atoms with van der Waals surface area (Å²) < 4.78 is 1.55. The van der Waals surface area contributed by atoms with Gasteiger partial charge in [0.15, 0.2) is 5.65 Å². The molecule has 1 aromatic carbocycles.